The van der Waals surface area contributed by atoms with Gasteiger partial charge in [-0.15, -0.1) is 10.2 Å². The minimum atomic E-state index is -3.78. The first-order valence-corrected chi connectivity index (χ1v) is 8.12. The fourth-order valence-corrected chi connectivity index (χ4v) is 3.13. The predicted octanol–water partition coefficient (Wildman–Crippen LogP) is 2.75. The van der Waals surface area contributed by atoms with Gasteiger partial charge in [-0.25, -0.2) is 8.42 Å². The van der Waals surface area contributed by atoms with Crippen LogP contribution in [-0.2, 0) is 10.0 Å². The fourth-order valence-electron chi connectivity index (χ4n) is 1.61. The molecule has 0 spiro atoms. The van der Waals surface area contributed by atoms with Crippen molar-refractivity contribution in [1.29, 1.82) is 0 Å². The van der Waals surface area contributed by atoms with E-state index in [1.807, 2.05) is 13.8 Å². The molecule has 0 saturated heterocycles. The summed E-state index contributed by atoms with van der Waals surface area (Å²) in [5.41, 5.74) is 0. The topological polar surface area (TPSA) is 84.0 Å². The average Bonchev–Trinajstić information content (AvgIpc) is 2.40. The van der Waals surface area contributed by atoms with Gasteiger partial charge in [0.15, 0.2) is 5.82 Å². The van der Waals surface area contributed by atoms with Crippen molar-refractivity contribution in [2.75, 3.05) is 10.0 Å². The third-order valence-electron chi connectivity index (χ3n) is 2.47. The lowest BCUT2D eigenvalue weighted by Gasteiger charge is -2.10. The zero-order chi connectivity index (χ0) is 15.5. The minimum absolute atomic E-state index is 0.00199. The maximum absolute atomic E-state index is 12.2. The van der Waals surface area contributed by atoms with Crippen LogP contribution in [0, 0.1) is 0 Å². The lowest BCUT2D eigenvalue weighted by molar-refractivity contribution is 0.601. The molecular weight excluding hydrogens is 312 g/mol. The molecule has 0 atom stereocenters. The number of rotatable bonds is 5. The molecule has 0 aliphatic carbocycles. The van der Waals surface area contributed by atoms with E-state index < -0.39 is 10.0 Å². The Morgan fingerprint density at radius 3 is 2.24 bits per heavy atom. The van der Waals surface area contributed by atoms with Crippen LogP contribution in [0.1, 0.15) is 13.8 Å². The Bertz CT molecular complexity index is 717. The third kappa shape index (κ3) is 4.05. The van der Waals surface area contributed by atoms with Crippen molar-refractivity contribution in [3.05, 3.63) is 41.4 Å². The Morgan fingerprint density at radius 1 is 1.05 bits per heavy atom. The number of nitrogens with one attached hydrogen (secondary N) is 2. The summed E-state index contributed by atoms with van der Waals surface area (Å²) in [7, 11) is -3.78. The fraction of sp³-hybridized carbons (Fsp3) is 0.231. The molecule has 21 heavy (non-hydrogen) atoms. The Hall–Kier alpha value is -1.86. The van der Waals surface area contributed by atoms with Crippen LogP contribution in [-0.4, -0.2) is 24.7 Å². The molecule has 0 saturated carbocycles. The summed E-state index contributed by atoms with van der Waals surface area (Å²) < 4.78 is 26.8. The second-order valence-corrected chi connectivity index (χ2v) is 6.70. The van der Waals surface area contributed by atoms with Gasteiger partial charge in [-0.2, -0.15) is 0 Å². The minimum Gasteiger partial charge on any atom is -0.366 e. The van der Waals surface area contributed by atoms with Crippen LogP contribution in [0.4, 0.5) is 11.6 Å². The van der Waals surface area contributed by atoms with Crippen LogP contribution < -0.4 is 10.0 Å². The molecular formula is C13H15ClN4O2S. The van der Waals surface area contributed by atoms with Crippen molar-refractivity contribution in [3.8, 4) is 0 Å². The number of sulfonamides is 1. The van der Waals surface area contributed by atoms with Crippen LogP contribution in [0.15, 0.2) is 41.3 Å². The van der Waals surface area contributed by atoms with Crippen molar-refractivity contribution in [2.45, 2.75) is 24.8 Å². The monoisotopic (exact) mass is 326 g/mol. The van der Waals surface area contributed by atoms with E-state index >= 15 is 0 Å². The molecule has 0 unspecified atom stereocenters. The van der Waals surface area contributed by atoms with Gasteiger partial charge in [-0.05, 0) is 38.1 Å². The number of hydrogen-bond acceptors (Lipinski definition) is 5. The zero-order valence-electron chi connectivity index (χ0n) is 11.5. The molecule has 0 aliphatic heterocycles. The molecule has 6 nitrogen and oxygen atoms in total. The summed E-state index contributed by atoms with van der Waals surface area (Å²) in [6, 6.07) is 9.59. The van der Waals surface area contributed by atoms with E-state index in [9.17, 15) is 8.42 Å². The van der Waals surface area contributed by atoms with Crippen molar-refractivity contribution < 1.29 is 8.42 Å². The van der Waals surface area contributed by atoms with Gasteiger partial charge >= 0.3 is 0 Å². The summed E-state index contributed by atoms with van der Waals surface area (Å²) in [6.45, 7) is 3.94. The van der Waals surface area contributed by atoms with E-state index in [0.717, 1.165) is 0 Å². The van der Waals surface area contributed by atoms with Crippen LogP contribution in [0.5, 0.6) is 0 Å². The van der Waals surface area contributed by atoms with Gasteiger partial charge in [0, 0.05) is 6.04 Å². The number of benzene rings is 1. The maximum atomic E-state index is 12.2. The Balaban J connectivity index is 2.19. The van der Waals surface area contributed by atoms with Gasteiger partial charge in [0.1, 0.15) is 10.7 Å². The van der Waals surface area contributed by atoms with E-state index in [1.165, 1.54) is 18.2 Å². The highest BCUT2D eigenvalue weighted by Crippen LogP contribution is 2.22. The van der Waals surface area contributed by atoms with Crippen LogP contribution >= 0.6 is 11.6 Å². The van der Waals surface area contributed by atoms with E-state index in [0.29, 0.717) is 5.82 Å². The summed E-state index contributed by atoms with van der Waals surface area (Å²) >= 11 is 5.89. The molecule has 1 aromatic heterocycles. The van der Waals surface area contributed by atoms with Crippen LogP contribution in [0.3, 0.4) is 0 Å². The number of anilines is 2. The second-order valence-electron chi connectivity index (χ2n) is 4.64. The molecule has 0 aliphatic rings. The highest BCUT2D eigenvalue weighted by Gasteiger charge is 2.18. The SMILES string of the molecule is CC(C)Nc1ccc(NS(=O)(=O)c2ccccc2Cl)nn1. The van der Waals surface area contributed by atoms with Crippen LogP contribution in [0.2, 0.25) is 5.02 Å². The van der Waals surface area contributed by atoms with E-state index in [4.69, 9.17) is 11.6 Å². The Labute approximate surface area is 128 Å². The normalized spacial score (nSPS) is 11.4. The van der Waals surface area contributed by atoms with Gasteiger partial charge in [0.2, 0.25) is 0 Å². The molecule has 1 heterocycles. The number of nitrogens with zero attached hydrogens (tertiary/aromatic N) is 2. The van der Waals surface area contributed by atoms with E-state index in [1.54, 1.807) is 18.2 Å². The van der Waals surface area contributed by atoms with Crippen molar-refractivity contribution >= 4 is 33.3 Å². The molecule has 0 radical (unpaired) electrons. The molecule has 2 rings (SSSR count). The molecule has 2 aromatic rings. The summed E-state index contributed by atoms with van der Waals surface area (Å²) in [4.78, 5) is -0.00199. The van der Waals surface area contributed by atoms with Gasteiger partial charge < -0.3 is 5.32 Å². The third-order valence-corrected chi connectivity index (χ3v) is 4.32. The summed E-state index contributed by atoms with van der Waals surface area (Å²) in [5.74, 6) is 0.704. The summed E-state index contributed by atoms with van der Waals surface area (Å²) in [6.07, 6.45) is 0. The molecule has 1 aromatic carbocycles. The van der Waals surface area contributed by atoms with E-state index in [-0.39, 0.29) is 21.8 Å². The molecule has 8 heteroatoms. The average molecular weight is 327 g/mol. The van der Waals surface area contributed by atoms with Gasteiger partial charge in [0.05, 0.1) is 5.02 Å². The van der Waals surface area contributed by atoms with Gasteiger partial charge in [-0.3, -0.25) is 4.72 Å². The first-order valence-electron chi connectivity index (χ1n) is 6.26. The number of halogens is 1. The Morgan fingerprint density at radius 2 is 1.67 bits per heavy atom. The highest BCUT2D eigenvalue weighted by atomic mass is 35.5. The first-order chi connectivity index (χ1) is 9.88. The van der Waals surface area contributed by atoms with Crippen LogP contribution in [0.25, 0.3) is 0 Å². The number of hydrogen-bond donors (Lipinski definition) is 2. The maximum Gasteiger partial charge on any atom is 0.264 e. The highest BCUT2D eigenvalue weighted by molar-refractivity contribution is 7.92. The molecule has 0 bridgehead atoms. The molecule has 2 N–H and O–H groups in total. The smallest absolute Gasteiger partial charge is 0.264 e. The van der Waals surface area contributed by atoms with Gasteiger partial charge in [0.25, 0.3) is 10.0 Å². The lowest BCUT2D eigenvalue weighted by Crippen LogP contribution is -2.16. The molecule has 112 valence electrons. The van der Waals surface area contributed by atoms with Gasteiger partial charge in [-0.1, -0.05) is 23.7 Å². The zero-order valence-corrected chi connectivity index (χ0v) is 13.1. The standard InChI is InChI=1S/C13H15ClN4O2S/c1-9(2)15-12-7-8-13(17-16-12)18-21(19,20)11-6-4-3-5-10(11)14/h3-9H,1-2H3,(H,15,16)(H,17,18). The van der Waals surface area contributed by atoms with E-state index in [2.05, 4.69) is 20.2 Å². The molecule has 0 amide bonds. The van der Waals surface area contributed by atoms with Crippen molar-refractivity contribution in [3.63, 3.8) is 0 Å². The van der Waals surface area contributed by atoms with Crippen molar-refractivity contribution in [1.82, 2.24) is 10.2 Å². The lowest BCUT2D eigenvalue weighted by atomic mass is 10.4. The Kier molecular flexibility index (Phi) is 4.64. The predicted molar refractivity (Wildman–Crippen MR) is 83.1 cm³/mol. The van der Waals surface area contributed by atoms with Crippen molar-refractivity contribution in [2.24, 2.45) is 0 Å². The number of aromatic nitrogens is 2. The quantitative estimate of drug-likeness (QED) is 0.882. The summed E-state index contributed by atoms with van der Waals surface area (Å²) in [5, 5.41) is 10.9. The second kappa shape index (κ2) is 6.28. The molecule has 0 fully saturated rings. The largest absolute Gasteiger partial charge is 0.366 e. The first kappa shape index (κ1) is 15.5.